The van der Waals surface area contributed by atoms with E-state index in [-0.39, 0.29) is 12.3 Å². The summed E-state index contributed by atoms with van der Waals surface area (Å²) >= 11 is 0. The quantitative estimate of drug-likeness (QED) is 0.522. The minimum atomic E-state index is -0.690. The molecule has 8 nitrogen and oxygen atoms in total. The molecule has 2 N–H and O–H groups in total. The number of carboxylic acids is 1. The van der Waals surface area contributed by atoms with Crippen LogP contribution >= 0.6 is 0 Å². The maximum Gasteiger partial charge on any atom is 0.303 e. The van der Waals surface area contributed by atoms with Crippen LogP contribution in [0.25, 0.3) is 0 Å². The van der Waals surface area contributed by atoms with Crippen LogP contribution in [0.15, 0.2) is 77.7 Å². The summed E-state index contributed by atoms with van der Waals surface area (Å²) in [5, 5.41) is 12.0. The third kappa shape index (κ3) is 5.91. The molecule has 3 aliphatic rings. The van der Waals surface area contributed by atoms with Crippen LogP contribution in [0.1, 0.15) is 49.1 Å². The minimum absolute atomic E-state index is 0.208. The number of benzene rings is 2. The average Bonchev–Trinajstić information content (AvgIpc) is 3.36. The highest BCUT2D eigenvalue weighted by Gasteiger charge is 2.35. The van der Waals surface area contributed by atoms with Crippen LogP contribution in [0, 0.1) is 5.92 Å². The number of aliphatic imine (C=N–C) groups is 1. The van der Waals surface area contributed by atoms with E-state index in [0.717, 1.165) is 48.5 Å². The summed E-state index contributed by atoms with van der Waals surface area (Å²) in [6.07, 6.45) is 10.0. The van der Waals surface area contributed by atoms with Crippen LogP contribution in [-0.4, -0.2) is 36.6 Å². The number of hydrogen-bond donors (Lipinski definition) is 2. The van der Waals surface area contributed by atoms with Crippen LogP contribution in [-0.2, 0) is 16.1 Å². The fourth-order valence-electron chi connectivity index (χ4n) is 5.22. The Morgan fingerprint density at radius 2 is 1.81 bits per heavy atom. The lowest BCUT2D eigenvalue weighted by Gasteiger charge is -2.28. The molecule has 1 radical (unpaired) electrons. The van der Waals surface area contributed by atoms with E-state index < -0.39 is 5.97 Å². The number of rotatable bonds is 8. The van der Waals surface area contributed by atoms with E-state index in [0.29, 0.717) is 30.7 Å². The molecule has 2 aromatic rings. The second kappa shape index (κ2) is 11.0. The molecular weight excluding hydrogens is 468 g/mol. The fourth-order valence-corrected chi connectivity index (χ4v) is 5.22. The zero-order valence-electron chi connectivity index (χ0n) is 21.0. The number of amides is 1. The molecule has 1 saturated carbocycles. The van der Waals surface area contributed by atoms with Crippen LogP contribution in [0.3, 0.4) is 0 Å². The Balaban J connectivity index is 1.15. The monoisotopic (exact) mass is 500 g/mol. The molecule has 1 aliphatic carbocycles. The van der Waals surface area contributed by atoms with Crippen molar-refractivity contribution in [1.82, 2.24) is 10.2 Å². The zero-order valence-corrected chi connectivity index (χ0v) is 21.0. The average molecular weight is 501 g/mol. The van der Waals surface area contributed by atoms with E-state index in [1.807, 2.05) is 41.4 Å². The highest BCUT2D eigenvalue weighted by atomic mass is 16.5. The van der Waals surface area contributed by atoms with Crippen LogP contribution < -0.4 is 19.9 Å². The number of anilines is 1. The van der Waals surface area contributed by atoms with E-state index in [1.54, 1.807) is 13.3 Å². The van der Waals surface area contributed by atoms with E-state index in [4.69, 9.17) is 9.84 Å². The first kappa shape index (κ1) is 24.8. The van der Waals surface area contributed by atoms with Crippen LogP contribution in [0.5, 0.6) is 5.75 Å². The zero-order chi connectivity index (χ0) is 25.8. The van der Waals surface area contributed by atoms with Crippen molar-refractivity contribution in [1.29, 1.82) is 0 Å². The molecular formula is C29H32N4O4+. The summed E-state index contributed by atoms with van der Waals surface area (Å²) in [4.78, 5) is 32.3. The summed E-state index contributed by atoms with van der Waals surface area (Å²) < 4.78 is 5.17. The van der Waals surface area contributed by atoms with Gasteiger partial charge in [0.1, 0.15) is 5.75 Å². The van der Waals surface area contributed by atoms with Gasteiger partial charge in [0.15, 0.2) is 11.9 Å². The first-order valence-electron chi connectivity index (χ1n) is 12.7. The van der Waals surface area contributed by atoms with E-state index in [1.165, 1.54) is 5.56 Å². The van der Waals surface area contributed by atoms with Gasteiger partial charge in [0.25, 0.3) is 11.7 Å². The number of carboxylic acid groups (broad SMARTS) is 1. The Morgan fingerprint density at radius 3 is 2.49 bits per heavy atom. The van der Waals surface area contributed by atoms with Crippen molar-refractivity contribution >= 4 is 23.4 Å². The molecule has 2 aromatic carbocycles. The number of amidine groups is 1. The fraction of sp³-hybridized carbons (Fsp3) is 0.345. The number of nitrogens with zero attached hydrogens (tertiary/aromatic N) is 3. The lowest BCUT2D eigenvalue weighted by molar-refractivity contribution is -0.138. The molecule has 1 amide bonds. The number of carbonyl (C=O) groups is 2. The van der Waals surface area contributed by atoms with Gasteiger partial charge in [0.05, 0.1) is 7.11 Å². The van der Waals surface area contributed by atoms with Crippen molar-refractivity contribution < 1.29 is 19.4 Å². The number of fused-ring (bicyclic) bond motifs is 1. The van der Waals surface area contributed by atoms with Gasteiger partial charge in [-0.05, 0) is 72.9 Å². The molecule has 0 unspecified atom stereocenters. The molecule has 0 bridgehead atoms. The lowest BCUT2D eigenvalue weighted by Crippen LogP contribution is -2.41. The third-order valence-corrected chi connectivity index (χ3v) is 7.37. The van der Waals surface area contributed by atoms with Gasteiger partial charge >= 0.3 is 5.97 Å². The van der Waals surface area contributed by atoms with Gasteiger partial charge in [0.2, 0.25) is 6.67 Å². The highest BCUT2D eigenvalue weighted by molar-refractivity contribution is 6.06. The molecule has 0 saturated heterocycles. The predicted molar refractivity (Wildman–Crippen MR) is 142 cm³/mol. The van der Waals surface area contributed by atoms with Crippen molar-refractivity contribution in [2.75, 3.05) is 18.7 Å². The molecule has 2 aliphatic heterocycles. The van der Waals surface area contributed by atoms with Gasteiger partial charge in [-0.2, -0.15) is 4.99 Å². The molecule has 0 atom stereocenters. The summed E-state index contributed by atoms with van der Waals surface area (Å²) in [6, 6.07) is 16.2. The normalized spacial score (nSPS) is 21.2. The molecule has 37 heavy (non-hydrogen) atoms. The summed E-state index contributed by atoms with van der Waals surface area (Å²) in [5.74, 6) is 1.44. The Morgan fingerprint density at radius 1 is 1.08 bits per heavy atom. The van der Waals surface area contributed by atoms with E-state index in [9.17, 15) is 9.59 Å². The number of ether oxygens (including phenoxy) is 1. The van der Waals surface area contributed by atoms with Crippen molar-refractivity contribution in [3.8, 4) is 5.75 Å². The number of hydrogen-bond acceptors (Lipinski definition) is 6. The van der Waals surface area contributed by atoms with E-state index in [2.05, 4.69) is 39.5 Å². The topological polar surface area (TPSA) is 97.1 Å². The Kier molecular flexibility index (Phi) is 7.37. The number of carbonyl (C=O) groups excluding carboxylic acids is 1. The Hall–Kier alpha value is -3.91. The van der Waals surface area contributed by atoms with Crippen molar-refractivity contribution in [2.24, 2.45) is 10.9 Å². The predicted octanol–water partition coefficient (Wildman–Crippen LogP) is 4.44. The van der Waals surface area contributed by atoms with Crippen molar-refractivity contribution in [3.05, 3.63) is 83.8 Å². The lowest BCUT2D eigenvalue weighted by atomic mass is 9.77. The number of aliphatic carboxylic acids is 1. The first-order valence-corrected chi connectivity index (χ1v) is 12.7. The summed E-state index contributed by atoms with van der Waals surface area (Å²) in [5.41, 5.74) is 3.77. The molecule has 2 heterocycles. The van der Waals surface area contributed by atoms with Gasteiger partial charge in [-0.3, -0.25) is 14.5 Å². The molecule has 191 valence electrons. The molecule has 5 rings (SSSR count). The molecule has 1 fully saturated rings. The third-order valence-electron chi connectivity index (χ3n) is 7.37. The molecule has 0 spiro atoms. The van der Waals surface area contributed by atoms with Gasteiger partial charge < -0.3 is 15.2 Å². The Labute approximate surface area is 216 Å². The van der Waals surface area contributed by atoms with Crippen molar-refractivity contribution in [2.45, 2.75) is 44.6 Å². The van der Waals surface area contributed by atoms with E-state index >= 15 is 0 Å². The Bertz CT molecular complexity index is 1230. The standard InChI is InChI=1S/C29H32N4O4/c1-37-25-12-4-21(5-13-25)17-30-29(36)26-18-33-19-32(15-14-27(33)31-26)24-10-8-23(9-11-24)22-6-2-20(3-7-22)16-28(34)35/h4-5,8-15,18,20,22H,2-3,6-7,16-17,19H2,1H3,(H,30,36)(H,34,35)/q+1. The number of methoxy groups -OCH3 is 1. The minimum Gasteiger partial charge on any atom is -0.497 e. The summed E-state index contributed by atoms with van der Waals surface area (Å²) in [7, 11) is 1.63. The second-order valence-electron chi connectivity index (χ2n) is 9.82. The highest BCUT2D eigenvalue weighted by Crippen LogP contribution is 2.37. The smallest absolute Gasteiger partial charge is 0.303 e. The van der Waals surface area contributed by atoms with Gasteiger partial charge in [0, 0.05) is 30.9 Å². The largest absolute Gasteiger partial charge is 0.497 e. The molecule has 0 aromatic heterocycles. The summed E-state index contributed by atoms with van der Waals surface area (Å²) in [6.45, 7) is 0.991. The first-order chi connectivity index (χ1) is 18.0. The maximum absolute atomic E-state index is 12.7. The number of nitrogens with one attached hydrogen (secondary N) is 1. The van der Waals surface area contributed by atoms with Crippen molar-refractivity contribution in [3.63, 3.8) is 0 Å². The van der Waals surface area contributed by atoms with Crippen LogP contribution in [0.2, 0.25) is 0 Å². The van der Waals surface area contributed by atoms with Gasteiger partial charge in [-0.25, -0.2) is 0 Å². The van der Waals surface area contributed by atoms with Gasteiger partial charge in [-0.1, -0.05) is 29.2 Å². The van der Waals surface area contributed by atoms with Crippen LogP contribution in [0.4, 0.5) is 5.69 Å². The van der Waals surface area contributed by atoms with Gasteiger partial charge in [-0.15, -0.1) is 0 Å². The second-order valence-corrected chi connectivity index (χ2v) is 9.82. The maximum atomic E-state index is 12.7. The molecule has 8 heteroatoms. The SMILES string of the molecule is COc1ccc(CNC(=O)C2=C[N+]3CN(c4ccc(C5CCC(CC(=O)O)CC5)cc4)C=CC3=N2)cc1.